The number of carbonyl (C=O) groups excluding carboxylic acids is 2. The topological polar surface area (TPSA) is 65.1 Å². The van der Waals surface area contributed by atoms with E-state index in [0.29, 0.717) is 38.6 Å². The van der Waals surface area contributed by atoms with Crippen LogP contribution in [0.2, 0.25) is 0 Å². The number of carbonyl (C=O) groups is 2. The van der Waals surface area contributed by atoms with Crippen LogP contribution in [0.25, 0.3) is 6.08 Å². The quantitative estimate of drug-likeness (QED) is 0.247. The molecule has 172 valence electrons. The van der Waals surface area contributed by atoms with Crippen LogP contribution >= 0.6 is 24.0 Å². The Bertz CT molecular complexity index is 1260. The average Bonchev–Trinajstić information content (AvgIpc) is 3.15. The second-order valence-electron chi connectivity index (χ2n) is 7.24. The van der Waals surface area contributed by atoms with Crippen molar-refractivity contribution in [3.63, 3.8) is 0 Å². The molecule has 0 spiro atoms. The third kappa shape index (κ3) is 5.13. The molecule has 1 aliphatic heterocycles. The molecule has 8 heteroatoms. The number of methoxy groups -OCH3 is 2. The van der Waals surface area contributed by atoms with Gasteiger partial charge in [0.1, 0.15) is 6.61 Å². The molecule has 0 unspecified atom stereocenters. The predicted octanol–water partition coefficient (Wildman–Crippen LogP) is 5.47. The van der Waals surface area contributed by atoms with Crippen LogP contribution in [0.4, 0.5) is 5.69 Å². The maximum absolute atomic E-state index is 13.1. The molecule has 0 bridgehead atoms. The van der Waals surface area contributed by atoms with Crippen molar-refractivity contribution in [2.45, 2.75) is 6.61 Å². The van der Waals surface area contributed by atoms with Crippen LogP contribution in [0.1, 0.15) is 21.5 Å². The van der Waals surface area contributed by atoms with E-state index in [4.69, 9.17) is 26.4 Å². The van der Waals surface area contributed by atoms with Gasteiger partial charge in [0.25, 0.3) is 5.91 Å². The standard InChI is InChI=1S/C26H21NO5S2/c1-30-22-14-18(8-13-21(22)32-16-17-6-4-3-5-7-17)15-23-24(28)27(26(33)34-23)20-11-9-19(10-12-20)25(29)31-2/h3-15H,16H2,1-2H3. The molecule has 0 saturated carbocycles. The minimum Gasteiger partial charge on any atom is -0.493 e. The van der Waals surface area contributed by atoms with Crippen LogP contribution < -0.4 is 14.4 Å². The van der Waals surface area contributed by atoms with Crippen molar-refractivity contribution >= 4 is 51.9 Å². The number of nitrogens with zero attached hydrogens (tertiary/aromatic N) is 1. The molecule has 0 atom stereocenters. The Labute approximate surface area is 207 Å². The summed E-state index contributed by atoms with van der Waals surface area (Å²) in [5, 5.41) is 0. The Kier molecular flexibility index (Phi) is 7.30. The number of benzene rings is 3. The highest BCUT2D eigenvalue weighted by molar-refractivity contribution is 8.27. The zero-order valence-corrected chi connectivity index (χ0v) is 20.2. The van der Waals surface area contributed by atoms with Crippen molar-refractivity contribution in [1.82, 2.24) is 0 Å². The summed E-state index contributed by atoms with van der Waals surface area (Å²) in [4.78, 5) is 26.7. The van der Waals surface area contributed by atoms with Crippen LogP contribution in [-0.2, 0) is 16.1 Å². The average molecular weight is 492 g/mol. The number of rotatable bonds is 7. The lowest BCUT2D eigenvalue weighted by Crippen LogP contribution is -2.27. The Hall–Kier alpha value is -3.62. The van der Waals surface area contributed by atoms with Crippen molar-refractivity contribution in [1.29, 1.82) is 0 Å². The third-order valence-corrected chi connectivity index (χ3v) is 6.37. The van der Waals surface area contributed by atoms with E-state index in [2.05, 4.69) is 0 Å². The number of ether oxygens (including phenoxy) is 3. The van der Waals surface area contributed by atoms with E-state index in [1.165, 1.54) is 23.8 Å². The molecular weight excluding hydrogens is 470 g/mol. The smallest absolute Gasteiger partial charge is 0.337 e. The highest BCUT2D eigenvalue weighted by Gasteiger charge is 2.33. The minimum atomic E-state index is -0.443. The van der Waals surface area contributed by atoms with Crippen LogP contribution in [0.5, 0.6) is 11.5 Å². The maximum Gasteiger partial charge on any atom is 0.337 e. The Morgan fingerprint density at radius 2 is 1.74 bits per heavy atom. The van der Waals surface area contributed by atoms with E-state index in [9.17, 15) is 9.59 Å². The van der Waals surface area contributed by atoms with Gasteiger partial charge in [-0.2, -0.15) is 0 Å². The van der Waals surface area contributed by atoms with Gasteiger partial charge in [-0.25, -0.2) is 4.79 Å². The first-order chi connectivity index (χ1) is 16.5. The Balaban J connectivity index is 1.51. The molecule has 0 N–H and O–H groups in total. The molecule has 0 aliphatic carbocycles. The Morgan fingerprint density at radius 1 is 1.00 bits per heavy atom. The minimum absolute atomic E-state index is 0.232. The van der Waals surface area contributed by atoms with E-state index in [1.54, 1.807) is 37.5 Å². The van der Waals surface area contributed by atoms with Gasteiger partial charge in [-0.05, 0) is 53.6 Å². The van der Waals surface area contributed by atoms with Crippen LogP contribution in [0, 0.1) is 0 Å². The molecule has 1 heterocycles. The molecule has 1 amide bonds. The molecule has 0 radical (unpaired) electrons. The monoisotopic (exact) mass is 491 g/mol. The van der Waals surface area contributed by atoms with Gasteiger partial charge < -0.3 is 14.2 Å². The van der Waals surface area contributed by atoms with Crippen molar-refractivity contribution in [3.05, 3.63) is 94.4 Å². The highest BCUT2D eigenvalue weighted by Crippen LogP contribution is 2.37. The summed E-state index contributed by atoms with van der Waals surface area (Å²) in [5.41, 5.74) is 2.82. The number of esters is 1. The molecule has 3 aromatic rings. The lowest BCUT2D eigenvalue weighted by atomic mass is 10.1. The van der Waals surface area contributed by atoms with Gasteiger partial charge in [-0.15, -0.1) is 0 Å². The van der Waals surface area contributed by atoms with E-state index in [0.717, 1.165) is 11.1 Å². The first kappa shape index (κ1) is 23.5. The summed E-state index contributed by atoms with van der Waals surface area (Å²) in [6.45, 7) is 0.421. The lowest BCUT2D eigenvalue weighted by Gasteiger charge is -2.14. The summed E-state index contributed by atoms with van der Waals surface area (Å²) < 4.78 is 16.5. The zero-order valence-electron chi connectivity index (χ0n) is 18.5. The molecule has 6 nitrogen and oxygen atoms in total. The summed E-state index contributed by atoms with van der Waals surface area (Å²) in [6, 6.07) is 21.9. The zero-order chi connectivity index (χ0) is 24.1. The molecule has 3 aromatic carbocycles. The fourth-order valence-corrected chi connectivity index (χ4v) is 4.63. The number of hydrogen-bond acceptors (Lipinski definition) is 7. The van der Waals surface area contributed by atoms with Gasteiger partial charge >= 0.3 is 5.97 Å². The second-order valence-corrected chi connectivity index (χ2v) is 8.92. The first-order valence-electron chi connectivity index (χ1n) is 10.3. The van der Waals surface area contributed by atoms with E-state index < -0.39 is 5.97 Å². The predicted molar refractivity (Wildman–Crippen MR) is 137 cm³/mol. The van der Waals surface area contributed by atoms with Gasteiger partial charge in [0.15, 0.2) is 15.8 Å². The summed E-state index contributed by atoms with van der Waals surface area (Å²) in [5.74, 6) is 0.506. The second kappa shape index (κ2) is 10.5. The molecule has 0 aromatic heterocycles. The molecule has 34 heavy (non-hydrogen) atoms. The van der Waals surface area contributed by atoms with Crippen molar-refractivity contribution < 1.29 is 23.8 Å². The van der Waals surface area contributed by atoms with Crippen molar-refractivity contribution in [2.75, 3.05) is 19.1 Å². The molecule has 4 rings (SSSR count). The first-order valence-corrected chi connectivity index (χ1v) is 11.5. The van der Waals surface area contributed by atoms with Crippen LogP contribution in [0.3, 0.4) is 0 Å². The maximum atomic E-state index is 13.1. The molecule has 1 fully saturated rings. The van der Waals surface area contributed by atoms with Gasteiger partial charge in [-0.1, -0.05) is 60.4 Å². The van der Waals surface area contributed by atoms with Crippen molar-refractivity contribution in [3.8, 4) is 11.5 Å². The number of thioether (sulfide) groups is 1. The van der Waals surface area contributed by atoms with Gasteiger partial charge in [0.2, 0.25) is 0 Å². The summed E-state index contributed by atoms with van der Waals surface area (Å²) in [7, 11) is 2.89. The Morgan fingerprint density at radius 3 is 2.41 bits per heavy atom. The summed E-state index contributed by atoms with van der Waals surface area (Å²) in [6.07, 6.45) is 1.77. The molecular formula is C26H21NO5S2. The summed E-state index contributed by atoms with van der Waals surface area (Å²) >= 11 is 6.66. The van der Waals surface area contributed by atoms with E-state index >= 15 is 0 Å². The van der Waals surface area contributed by atoms with E-state index in [-0.39, 0.29) is 5.91 Å². The van der Waals surface area contributed by atoms with Gasteiger partial charge in [0, 0.05) is 0 Å². The van der Waals surface area contributed by atoms with Crippen LogP contribution in [0.15, 0.2) is 77.7 Å². The van der Waals surface area contributed by atoms with Gasteiger partial charge in [-0.3, -0.25) is 9.69 Å². The number of amides is 1. The largest absolute Gasteiger partial charge is 0.493 e. The molecule has 1 aliphatic rings. The third-order valence-electron chi connectivity index (χ3n) is 5.06. The lowest BCUT2D eigenvalue weighted by molar-refractivity contribution is -0.113. The normalized spacial score (nSPS) is 14.4. The number of anilines is 1. The van der Waals surface area contributed by atoms with Crippen LogP contribution in [-0.4, -0.2) is 30.4 Å². The van der Waals surface area contributed by atoms with Crippen molar-refractivity contribution in [2.24, 2.45) is 0 Å². The van der Waals surface area contributed by atoms with Gasteiger partial charge in [0.05, 0.1) is 30.4 Å². The highest BCUT2D eigenvalue weighted by atomic mass is 32.2. The number of thiocarbonyl (C=S) groups is 1. The number of hydrogen-bond donors (Lipinski definition) is 0. The fourth-order valence-electron chi connectivity index (χ4n) is 3.33. The SMILES string of the molecule is COC(=O)c1ccc(N2C(=O)C(=Cc3ccc(OCc4ccccc4)c(OC)c3)SC2=S)cc1. The molecule has 1 saturated heterocycles. The van der Waals surface area contributed by atoms with E-state index in [1.807, 2.05) is 48.5 Å². The fraction of sp³-hybridized carbons (Fsp3) is 0.115.